The number of hydrogen-bond donors (Lipinski definition) is 2. The number of carboxylic acid groups (broad SMARTS) is 1. The van der Waals surface area contributed by atoms with E-state index in [2.05, 4.69) is 5.32 Å². The van der Waals surface area contributed by atoms with Gasteiger partial charge in [0, 0.05) is 24.2 Å². The van der Waals surface area contributed by atoms with Gasteiger partial charge in [0.25, 0.3) is 11.8 Å². The van der Waals surface area contributed by atoms with Crippen molar-refractivity contribution >= 4 is 17.8 Å². The van der Waals surface area contributed by atoms with Crippen molar-refractivity contribution in [3.8, 4) is 0 Å². The van der Waals surface area contributed by atoms with Crippen LogP contribution in [0.5, 0.6) is 0 Å². The second-order valence-electron chi connectivity index (χ2n) is 5.33. The summed E-state index contributed by atoms with van der Waals surface area (Å²) >= 11 is 0. The lowest BCUT2D eigenvalue weighted by atomic mass is 10.1. The van der Waals surface area contributed by atoms with Crippen LogP contribution < -0.4 is 5.32 Å². The Balaban J connectivity index is 2.16. The molecule has 0 unspecified atom stereocenters. The number of carboxylic acids is 1. The Morgan fingerprint density at radius 2 is 2.05 bits per heavy atom. The minimum atomic E-state index is -0.984. The highest BCUT2D eigenvalue weighted by molar-refractivity contribution is 6.00. The maximum Gasteiger partial charge on any atom is 0.326 e. The molecule has 1 aliphatic rings. The van der Waals surface area contributed by atoms with Gasteiger partial charge in [-0.1, -0.05) is 13.0 Å². The van der Waals surface area contributed by atoms with E-state index in [4.69, 9.17) is 5.11 Å². The van der Waals surface area contributed by atoms with Crippen LogP contribution in [0.1, 0.15) is 46.9 Å². The Hall–Kier alpha value is -2.37. The highest BCUT2D eigenvalue weighted by Crippen LogP contribution is 2.20. The number of carbonyl (C=O) groups excluding carboxylic acids is 2. The Labute approximate surface area is 129 Å². The number of hydrogen-bond acceptors (Lipinski definition) is 3. The molecule has 2 rings (SSSR count). The predicted octanol–water partition coefficient (Wildman–Crippen LogP) is 1.52. The van der Waals surface area contributed by atoms with E-state index < -0.39 is 12.0 Å². The van der Waals surface area contributed by atoms with Crippen molar-refractivity contribution in [3.63, 3.8) is 0 Å². The van der Waals surface area contributed by atoms with Crippen molar-refractivity contribution in [1.29, 1.82) is 0 Å². The SMILES string of the molecule is CCCNC(=O)c1cccc(C(=O)N2CCC[C@H]2C(=O)O)c1. The Kier molecular flexibility index (Phi) is 5.14. The van der Waals surface area contributed by atoms with Crippen LogP contribution >= 0.6 is 0 Å². The number of likely N-dealkylation sites (tertiary alicyclic amines) is 1. The predicted molar refractivity (Wildman–Crippen MR) is 80.8 cm³/mol. The van der Waals surface area contributed by atoms with Crippen molar-refractivity contribution in [3.05, 3.63) is 35.4 Å². The molecule has 1 saturated heterocycles. The van der Waals surface area contributed by atoms with Crippen LogP contribution in [0.25, 0.3) is 0 Å². The fourth-order valence-corrected chi connectivity index (χ4v) is 2.57. The average molecular weight is 304 g/mol. The first-order chi connectivity index (χ1) is 10.5. The second-order valence-corrected chi connectivity index (χ2v) is 5.33. The molecular weight excluding hydrogens is 284 g/mol. The normalized spacial score (nSPS) is 17.3. The number of carbonyl (C=O) groups is 3. The van der Waals surface area contributed by atoms with Gasteiger partial charge in [0.2, 0.25) is 0 Å². The largest absolute Gasteiger partial charge is 0.480 e. The topological polar surface area (TPSA) is 86.7 Å². The van der Waals surface area contributed by atoms with Crippen LogP contribution in [0.3, 0.4) is 0 Å². The molecule has 6 nitrogen and oxygen atoms in total. The number of nitrogens with zero attached hydrogens (tertiary/aromatic N) is 1. The summed E-state index contributed by atoms with van der Waals surface area (Å²) in [5.41, 5.74) is 0.752. The molecule has 0 aliphatic carbocycles. The number of aliphatic carboxylic acids is 1. The van der Waals surface area contributed by atoms with Crippen LogP contribution in [-0.4, -0.2) is 46.9 Å². The van der Waals surface area contributed by atoms with Gasteiger partial charge in [-0.05, 0) is 37.5 Å². The molecule has 0 aromatic heterocycles. The summed E-state index contributed by atoms with van der Waals surface area (Å²) in [5.74, 6) is -1.55. The van der Waals surface area contributed by atoms with E-state index in [9.17, 15) is 14.4 Å². The summed E-state index contributed by atoms with van der Waals surface area (Å²) < 4.78 is 0. The van der Waals surface area contributed by atoms with Crippen LogP contribution in [-0.2, 0) is 4.79 Å². The van der Waals surface area contributed by atoms with E-state index in [1.54, 1.807) is 18.2 Å². The zero-order valence-electron chi connectivity index (χ0n) is 12.5. The van der Waals surface area contributed by atoms with Crippen molar-refractivity contribution in [2.24, 2.45) is 0 Å². The molecular formula is C16H20N2O4. The molecule has 2 N–H and O–H groups in total. The van der Waals surface area contributed by atoms with E-state index in [0.29, 0.717) is 37.1 Å². The third-order valence-electron chi connectivity index (χ3n) is 3.71. The van der Waals surface area contributed by atoms with Gasteiger partial charge in [0.05, 0.1) is 0 Å². The molecule has 0 spiro atoms. The fourth-order valence-electron chi connectivity index (χ4n) is 2.57. The molecule has 1 heterocycles. The van der Waals surface area contributed by atoms with Crippen molar-refractivity contribution in [1.82, 2.24) is 10.2 Å². The van der Waals surface area contributed by atoms with Crippen molar-refractivity contribution < 1.29 is 19.5 Å². The van der Waals surface area contributed by atoms with E-state index in [0.717, 1.165) is 6.42 Å². The van der Waals surface area contributed by atoms with Gasteiger partial charge in [-0.3, -0.25) is 9.59 Å². The monoisotopic (exact) mass is 304 g/mol. The van der Waals surface area contributed by atoms with Gasteiger partial charge in [-0.15, -0.1) is 0 Å². The van der Waals surface area contributed by atoms with Gasteiger partial charge in [0.15, 0.2) is 0 Å². The average Bonchev–Trinajstić information content (AvgIpc) is 3.01. The Morgan fingerprint density at radius 3 is 2.73 bits per heavy atom. The highest BCUT2D eigenvalue weighted by Gasteiger charge is 2.34. The van der Waals surface area contributed by atoms with E-state index in [-0.39, 0.29) is 11.8 Å². The molecule has 1 aromatic rings. The minimum absolute atomic E-state index is 0.229. The van der Waals surface area contributed by atoms with Crippen molar-refractivity contribution in [2.75, 3.05) is 13.1 Å². The van der Waals surface area contributed by atoms with E-state index in [1.165, 1.54) is 11.0 Å². The summed E-state index contributed by atoms with van der Waals surface area (Å²) in [4.78, 5) is 37.0. The van der Waals surface area contributed by atoms with Crippen LogP contribution in [0.4, 0.5) is 0 Å². The molecule has 1 aliphatic heterocycles. The summed E-state index contributed by atoms with van der Waals surface area (Å²) in [6.07, 6.45) is 1.98. The van der Waals surface area contributed by atoms with Gasteiger partial charge in [0.1, 0.15) is 6.04 Å². The maximum absolute atomic E-state index is 12.5. The molecule has 2 amide bonds. The van der Waals surface area contributed by atoms with Crippen molar-refractivity contribution in [2.45, 2.75) is 32.2 Å². The first kappa shape index (κ1) is 16.0. The number of amides is 2. The summed E-state index contributed by atoms with van der Waals surface area (Å²) in [7, 11) is 0. The van der Waals surface area contributed by atoms with Gasteiger partial charge in [-0.25, -0.2) is 4.79 Å². The van der Waals surface area contributed by atoms with Gasteiger partial charge in [-0.2, -0.15) is 0 Å². The number of nitrogens with one attached hydrogen (secondary N) is 1. The number of benzene rings is 1. The van der Waals surface area contributed by atoms with Gasteiger partial charge < -0.3 is 15.3 Å². The molecule has 0 saturated carbocycles. The molecule has 0 bridgehead atoms. The zero-order valence-corrected chi connectivity index (χ0v) is 12.5. The quantitative estimate of drug-likeness (QED) is 0.863. The third-order valence-corrected chi connectivity index (χ3v) is 3.71. The molecule has 1 atom stereocenters. The summed E-state index contributed by atoms with van der Waals surface area (Å²) in [5, 5.41) is 11.9. The molecule has 1 aromatic carbocycles. The van der Waals surface area contributed by atoms with Crippen LogP contribution in [0, 0.1) is 0 Å². The molecule has 22 heavy (non-hydrogen) atoms. The molecule has 118 valence electrons. The Morgan fingerprint density at radius 1 is 1.32 bits per heavy atom. The second kappa shape index (κ2) is 7.06. The first-order valence-electron chi connectivity index (χ1n) is 7.46. The highest BCUT2D eigenvalue weighted by atomic mass is 16.4. The molecule has 1 fully saturated rings. The molecule has 0 radical (unpaired) electrons. The standard InChI is InChI=1S/C16H20N2O4/c1-2-8-17-14(19)11-5-3-6-12(10-11)15(20)18-9-4-7-13(18)16(21)22/h3,5-6,10,13H,2,4,7-9H2,1H3,(H,17,19)(H,21,22)/t13-/m0/s1. The fraction of sp³-hybridized carbons (Fsp3) is 0.438. The van der Waals surface area contributed by atoms with Gasteiger partial charge >= 0.3 is 5.97 Å². The summed E-state index contributed by atoms with van der Waals surface area (Å²) in [6, 6.07) is 5.63. The van der Waals surface area contributed by atoms with E-state index in [1.807, 2.05) is 6.92 Å². The Bertz CT molecular complexity index is 585. The van der Waals surface area contributed by atoms with Crippen LogP contribution in [0.15, 0.2) is 24.3 Å². The number of rotatable bonds is 5. The summed E-state index contributed by atoms with van der Waals surface area (Å²) in [6.45, 7) is 2.96. The van der Waals surface area contributed by atoms with Crippen LogP contribution in [0.2, 0.25) is 0 Å². The first-order valence-corrected chi connectivity index (χ1v) is 7.46. The lowest BCUT2D eigenvalue weighted by Crippen LogP contribution is -2.40. The minimum Gasteiger partial charge on any atom is -0.480 e. The zero-order chi connectivity index (χ0) is 16.1. The smallest absolute Gasteiger partial charge is 0.326 e. The third kappa shape index (κ3) is 3.44. The lowest BCUT2D eigenvalue weighted by molar-refractivity contribution is -0.141. The maximum atomic E-state index is 12.5. The van der Waals surface area contributed by atoms with E-state index >= 15 is 0 Å². The lowest BCUT2D eigenvalue weighted by Gasteiger charge is -2.21. The molecule has 6 heteroatoms.